The average Bonchev–Trinajstić information content (AvgIpc) is 3.10. The molecule has 0 radical (unpaired) electrons. The molecule has 0 saturated carbocycles. The maximum Gasteiger partial charge on any atom is 0.405 e. The number of sulfonamides is 1. The van der Waals surface area contributed by atoms with E-state index in [1.54, 1.807) is 5.32 Å². The lowest BCUT2D eigenvalue weighted by atomic mass is 10.2. The highest BCUT2D eigenvalue weighted by molar-refractivity contribution is 7.89. The Kier molecular flexibility index (Phi) is 5.06. The van der Waals surface area contributed by atoms with Crippen LogP contribution in [0.5, 0.6) is 0 Å². The van der Waals surface area contributed by atoms with Crippen molar-refractivity contribution in [1.82, 2.24) is 19.6 Å². The Morgan fingerprint density at radius 1 is 1.18 bits per heavy atom. The molecule has 1 saturated heterocycles. The number of fused-ring (bicyclic) bond motifs is 1. The van der Waals surface area contributed by atoms with Gasteiger partial charge in [-0.25, -0.2) is 8.42 Å². The van der Waals surface area contributed by atoms with Crippen LogP contribution in [-0.2, 0) is 14.8 Å². The van der Waals surface area contributed by atoms with E-state index in [9.17, 15) is 36.0 Å². The molecular weight excluding hydrogens is 405 g/mol. The molecule has 28 heavy (non-hydrogen) atoms. The predicted octanol–water partition coefficient (Wildman–Crippen LogP) is 0.0480. The van der Waals surface area contributed by atoms with E-state index < -0.39 is 45.8 Å². The first-order chi connectivity index (χ1) is 13.0. The zero-order valence-electron chi connectivity index (χ0n) is 14.2. The number of aromatic amines is 2. The smallest absolute Gasteiger partial charge is 0.346 e. The Balaban J connectivity index is 1.92. The van der Waals surface area contributed by atoms with Gasteiger partial charge in [-0.1, -0.05) is 0 Å². The van der Waals surface area contributed by atoms with Gasteiger partial charge in [0.25, 0.3) is 0 Å². The van der Waals surface area contributed by atoms with Crippen LogP contribution in [0.15, 0.2) is 32.7 Å². The third-order valence-electron chi connectivity index (χ3n) is 4.27. The van der Waals surface area contributed by atoms with Crippen molar-refractivity contribution in [2.45, 2.75) is 30.0 Å². The maximum atomic E-state index is 12.9. The first kappa shape index (κ1) is 20.1. The molecule has 3 rings (SSSR count). The van der Waals surface area contributed by atoms with Crippen molar-refractivity contribution in [1.29, 1.82) is 0 Å². The third-order valence-corrected chi connectivity index (χ3v) is 6.17. The van der Waals surface area contributed by atoms with Gasteiger partial charge in [0.2, 0.25) is 15.9 Å². The largest absolute Gasteiger partial charge is 0.405 e. The molecule has 2 heterocycles. The van der Waals surface area contributed by atoms with Gasteiger partial charge in [0.15, 0.2) is 0 Å². The van der Waals surface area contributed by atoms with E-state index >= 15 is 0 Å². The van der Waals surface area contributed by atoms with Gasteiger partial charge in [0.05, 0.1) is 15.9 Å². The molecule has 1 aromatic heterocycles. The Hall–Kier alpha value is -2.67. The van der Waals surface area contributed by atoms with Gasteiger partial charge in [-0.15, -0.1) is 0 Å². The lowest BCUT2D eigenvalue weighted by molar-refractivity contribution is -0.140. The Labute approximate surface area is 155 Å². The number of carbonyl (C=O) groups excluding carboxylic acids is 1. The van der Waals surface area contributed by atoms with Crippen LogP contribution >= 0.6 is 0 Å². The molecule has 1 fully saturated rings. The number of hydrogen-bond acceptors (Lipinski definition) is 5. The van der Waals surface area contributed by atoms with E-state index in [0.29, 0.717) is 6.42 Å². The van der Waals surface area contributed by atoms with Gasteiger partial charge in [-0.05, 0) is 31.0 Å². The standard InChI is InChI=1S/C15H15F3N4O5S/c16-15(17,18)7-19-12(23)11-2-1-5-22(11)28(26,27)8-3-4-9-10(6-8)21-14(25)13(24)20-9/h3-4,6,11H,1-2,5,7H2,(H,19,23)(H,20,24)(H,21,25). The number of halogens is 3. The van der Waals surface area contributed by atoms with E-state index in [0.717, 1.165) is 10.4 Å². The molecule has 1 unspecified atom stereocenters. The van der Waals surface area contributed by atoms with Crippen LogP contribution in [0.1, 0.15) is 12.8 Å². The molecule has 1 atom stereocenters. The molecule has 2 aromatic rings. The topological polar surface area (TPSA) is 132 Å². The van der Waals surface area contributed by atoms with E-state index in [-0.39, 0.29) is 28.9 Å². The molecule has 0 aliphatic carbocycles. The summed E-state index contributed by atoms with van der Waals surface area (Å²) < 4.78 is 63.6. The summed E-state index contributed by atoms with van der Waals surface area (Å²) in [6.07, 6.45) is -4.22. The van der Waals surface area contributed by atoms with Crippen molar-refractivity contribution in [3.63, 3.8) is 0 Å². The van der Waals surface area contributed by atoms with Crippen molar-refractivity contribution in [3.05, 3.63) is 38.9 Å². The lowest BCUT2D eigenvalue weighted by Crippen LogP contribution is -2.47. The quantitative estimate of drug-likeness (QED) is 0.602. The second kappa shape index (κ2) is 7.05. The lowest BCUT2D eigenvalue weighted by Gasteiger charge is -2.23. The van der Waals surface area contributed by atoms with E-state index in [1.165, 1.54) is 12.1 Å². The van der Waals surface area contributed by atoms with Gasteiger partial charge >= 0.3 is 17.3 Å². The number of amides is 1. The molecule has 1 amide bonds. The predicted molar refractivity (Wildman–Crippen MR) is 91.2 cm³/mol. The number of H-pyrrole nitrogens is 2. The van der Waals surface area contributed by atoms with E-state index in [2.05, 4.69) is 9.97 Å². The van der Waals surface area contributed by atoms with Crippen molar-refractivity contribution in [2.24, 2.45) is 0 Å². The monoisotopic (exact) mass is 420 g/mol. The van der Waals surface area contributed by atoms with Crippen LogP contribution in [-0.4, -0.2) is 53.9 Å². The molecule has 152 valence electrons. The number of aromatic nitrogens is 2. The van der Waals surface area contributed by atoms with Crippen molar-refractivity contribution < 1.29 is 26.4 Å². The van der Waals surface area contributed by atoms with Gasteiger partial charge in [-0.2, -0.15) is 17.5 Å². The Morgan fingerprint density at radius 3 is 2.46 bits per heavy atom. The fourth-order valence-corrected chi connectivity index (χ4v) is 4.67. The summed E-state index contributed by atoms with van der Waals surface area (Å²) in [6.45, 7) is -1.59. The number of nitrogens with one attached hydrogen (secondary N) is 3. The fraction of sp³-hybridized carbons (Fsp3) is 0.400. The van der Waals surface area contributed by atoms with Crippen molar-refractivity contribution >= 4 is 27.0 Å². The minimum absolute atomic E-state index is 0.0351. The first-order valence-electron chi connectivity index (χ1n) is 8.12. The highest BCUT2D eigenvalue weighted by Gasteiger charge is 2.40. The first-order valence-corrected chi connectivity index (χ1v) is 9.56. The molecule has 1 aliphatic heterocycles. The van der Waals surface area contributed by atoms with Gasteiger partial charge in [0.1, 0.15) is 12.6 Å². The van der Waals surface area contributed by atoms with Crippen LogP contribution in [0.4, 0.5) is 13.2 Å². The van der Waals surface area contributed by atoms with Gasteiger partial charge in [0, 0.05) is 6.54 Å². The zero-order chi connectivity index (χ0) is 20.7. The minimum Gasteiger partial charge on any atom is -0.346 e. The van der Waals surface area contributed by atoms with Crippen LogP contribution in [0.3, 0.4) is 0 Å². The average molecular weight is 420 g/mol. The molecule has 9 nitrogen and oxygen atoms in total. The molecule has 3 N–H and O–H groups in total. The zero-order valence-corrected chi connectivity index (χ0v) is 15.0. The number of rotatable bonds is 4. The Bertz CT molecular complexity index is 1140. The summed E-state index contributed by atoms with van der Waals surface area (Å²) in [5, 5.41) is 1.70. The van der Waals surface area contributed by atoms with E-state index in [4.69, 9.17) is 0 Å². The van der Waals surface area contributed by atoms with Gasteiger partial charge in [-0.3, -0.25) is 14.4 Å². The fourth-order valence-electron chi connectivity index (χ4n) is 2.98. The number of nitrogens with zero attached hydrogens (tertiary/aromatic N) is 1. The second-order valence-electron chi connectivity index (χ2n) is 6.22. The molecule has 1 aromatic carbocycles. The number of carbonyl (C=O) groups is 1. The summed E-state index contributed by atoms with van der Waals surface area (Å²) in [6, 6.07) is 2.30. The molecular formula is C15H15F3N4O5S. The molecule has 13 heteroatoms. The summed E-state index contributed by atoms with van der Waals surface area (Å²) in [5.41, 5.74) is -1.61. The van der Waals surface area contributed by atoms with Crippen LogP contribution in [0, 0.1) is 0 Å². The molecule has 1 aliphatic rings. The second-order valence-corrected chi connectivity index (χ2v) is 8.11. The third kappa shape index (κ3) is 3.94. The summed E-state index contributed by atoms with van der Waals surface area (Å²) in [5.74, 6) is -1.03. The SMILES string of the molecule is O=C(NCC(F)(F)F)C1CCCN1S(=O)(=O)c1ccc2[nH]c(=O)c(=O)[nH]c2c1. The summed E-state index contributed by atoms with van der Waals surface area (Å²) in [7, 11) is -4.22. The highest BCUT2D eigenvalue weighted by atomic mass is 32.2. The molecule has 0 bridgehead atoms. The highest BCUT2D eigenvalue weighted by Crippen LogP contribution is 2.27. The molecule has 0 spiro atoms. The Morgan fingerprint density at radius 2 is 1.82 bits per heavy atom. The number of benzene rings is 1. The number of hydrogen-bond donors (Lipinski definition) is 3. The van der Waals surface area contributed by atoms with E-state index in [1.807, 2.05) is 0 Å². The van der Waals surface area contributed by atoms with Crippen molar-refractivity contribution in [3.8, 4) is 0 Å². The van der Waals surface area contributed by atoms with Crippen molar-refractivity contribution in [2.75, 3.05) is 13.1 Å². The maximum absolute atomic E-state index is 12.9. The minimum atomic E-state index is -4.61. The summed E-state index contributed by atoms with van der Waals surface area (Å²) >= 11 is 0. The van der Waals surface area contributed by atoms with Crippen LogP contribution < -0.4 is 16.4 Å². The van der Waals surface area contributed by atoms with Gasteiger partial charge < -0.3 is 15.3 Å². The van der Waals surface area contributed by atoms with Crippen LogP contribution in [0.25, 0.3) is 11.0 Å². The normalized spacial score (nSPS) is 18.5. The summed E-state index contributed by atoms with van der Waals surface area (Å²) in [4.78, 5) is 39.1. The van der Waals surface area contributed by atoms with Crippen LogP contribution in [0.2, 0.25) is 0 Å². The number of alkyl halides is 3.